The van der Waals surface area contributed by atoms with Crippen LogP contribution in [0.5, 0.6) is 0 Å². The Labute approximate surface area is 132 Å². The summed E-state index contributed by atoms with van der Waals surface area (Å²) in [4.78, 5) is 4.07. The second kappa shape index (κ2) is 7.11. The van der Waals surface area contributed by atoms with E-state index in [1.165, 1.54) is 17.5 Å². The number of rotatable bonds is 6. The van der Waals surface area contributed by atoms with Crippen LogP contribution in [0.15, 0.2) is 23.2 Å². The van der Waals surface area contributed by atoms with Crippen molar-refractivity contribution < 1.29 is 8.42 Å². The van der Waals surface area contributed by atoms with Crippen LogP contribution in [0.25, 0.3) is 0 Å². The minimum absolute atomic E-state index is 0.0717. The molecule has 22 heavy (non-hydrogen) atoms. The van der Waals surface area contributed by atoms with Gasteiger partial charge in [0, 0.05) is 11.7 Å². The highest BCUT2D eigenvalue weighted by atomic mass is 32.2. The smallest absolute Gasteiger partial charge is 0.213 e. The lowest BCUT2D eigenvalue weighted by Crippen LogP contribution is -2.33. The zero-order valence-electron chi connectivity index (χ0n) is 13.1. The van der Waals surface area contributed by atoms with Crippen molar-refractivity contribution in [1.82, 2.24) is 4.72 Å². The van der Waals surface area contributed by atoms with Gasteiger partial charge in [-0.3, -0.25) is 4.99 Å². The molecular weight excluding hydrogens is 300 g/mol. The Morgan fingerprint density at radius 1 is 1.32 bits per heavy atom. The van der Waals surface area contributed by atoms with Crippen LogP contribution in [-0.4, -0.2) is 32.7 Å². The van der Waals surface area contributed by atoms with E-state index in [9.17, 15) is 8.42 Å². The van der Waals surface area contributed by atoms with E-state index in [2.05, 4.69) is 27.2 Å². The van der Waals surface area contributed by atoms with Crippen LogP contribution in [-0.2, 0) is 22.9 Å². The van der Waals surface area contributed by atoms with Gasteiger partial charge in [-0.15, -0.1) is 0 Å². The third-order valence-electron chi connectivity index (χ3n) is 3.43. The number of hydrogen-bond donors (Lipinski definition) is 3. The van der Waals surface area contributed by atoms with Gasteiger partial charge in [-0.2, -0.15) is 0 Å². The number of hydrogen-bond acceptors (Lipinski definition) is 3. The van der Waals surface area contributed by atoms with Crippen molar-refractivity contribution in [3.8, 4) is 0 Å². The van der Waals surface area contributed by atoms with Crippen molar-refractivity contribution >= 4 is 21.7 Å². The van der Waals surface area contributed by atoms with E-state index < -0.39 is 10.0 Å². The van der Waals surface area contributed by atoms with Crippen LogP contribution < -0.4 is 15.8 Å². The van der Waals surface area contributed by atoms with E-state index in [1.54, 1.807) is 13.8 Å². The van der Waals surface area contributed by atoms with E-state index in [0.29, 0.717) is 0 Å². The Balaban J connectivity index is 1.88. The van der Waals surface area contributed by atoms with Gasteiger partial charge in [-0.1, -0.05) is 6.07 Å². The van der Waals surface area contributed by atoms with E-state index in [-0.39, 0.29) is 24.3 Å². The van der Waals surface area contributed by atoms with Crippen LogP contribution in [0, 0.1) is 0 Å². The topological polar surface area (TPSA) is 96.6 Å². The van der Waals surface area contributed by atoms with Crippen molar-refractivity contribution in [3.63, 3.8) is 0 Å². The maximum absolute atomic E-state index is 11.7. The Morgan fingerprint density at radius 2 is 2.05 bits per heavy atom. The van der Waals surface area contributed by atoms with Crippen molar-refractivity contribution in [2.45, 2.75) is 39.2 Å². The SMILES string of the molecule is CC(C)NS(=O)(=O)CCN=C(N)Nc1ccc2c(c1)CCC2. The van der Waals surface area contributed by atoms with Crippen molar-refractivity contribution in [2.75, 3.05) is 17.6 Å². The number of nitrogens with one attached hydrogen (secondary N) is 2. The zero-order valence-corrected chi connectivity index (χ0v) is 13.9. The highest BCUT2D eigenvalue weighted by molar-refractivity contribution is 7.89. The number of aryl methyl sites for hydroxylation is 2. The van der Waals surface area contributed by atoms with Crippen LogP contribution >= 0.6 is 0 Å². The van der Waals surface area contributed by atoms with E-state index >= 15 is 0 Å². The molecule has 6 nitrogen and oxygen atoms in total. The predicted molar refractivity (Wildman–Crippen MR) is 90.6 cm³/mol. The molecule has 2 rings (SSSR count). The summed E-state index contributed by atoms with van der Waals surface area (Å²) in [5, 5.41) is 3.01. The number of nitrogens with two attached hydrogens (primary N) is 1. The minimum atomic E-state index is -3.30. The molecule has 0 unspecified atom stereocenters. The molecule has 0 radical (unpaired) electrons. The summed E-state index contributed by atoms with van der Waals surface area (Å²) in [6, 6.07) is 6.05. The van der Waals surface area contributed by atoms with Crippen LogP contribution in [0.2, 0.25) is 0 Å². The second-order valence-corrected chi connectivity index (χ2v) is 7.69. The van der Waals surface area contributed by atoms with Gasteiger partial charge in [0.25, 0.3) is 0 Å². The Hall–Kier alpha value is -1.60. The summed E-state index contributed by atoms with van der Waals surface area (Å²) in [6.45, 7) is 3.70. The average Bonchev–Trinajstić information content (AvgIpc) is 2.84. The molecule has 0 saturated heterocycles. The first-order valence-corrected chi connectivity index (χ1v) is 9.20. The number of aliphatic imine (C=N–C) groups is 1. The molecule has 1 aliphatic carbocycles. The highest BCUT2D eigenvalue weighted by Crippen LogP contribution is 2.24. The Kier molecular flexibility index (Phi) is 5.42. The van der Waals surface area contributed by atoms with Gasteiger partial charge in [0.15, 0.2) is 5.96 Å². The number of sulfonamides is 1. The number of nitrogens with zero attached hydrogens (tertiary/aromatic N) is 1. The van der Waals surface area contributed by atoms with Gasteiger partial charge in [-0.05, 0) is 56.4 Å². The molecule has 0 atom stereocenters. The maximum Gasteiger partial charge on any atom is 0.213 e. The third-order valence-corrected chi connectivity index (χ3v) is 4.98. The molecule has 0 fully saturated rings. The lowest BCUT2D eigenvalue weighted by Gasteiger charge is -2.09. The van der Waals surface area contributed by atoms with Gasteiger partial charge in [-0.25, -0.2) is 13.1 Å². The van der Waals surface area contributed by atoms with E-state index in [1.807, 2.05) is 6.07 Å². The molecule has 0 saturated carbocycles. The molecule has 4 N–H and O–H groups in total. The largest absolute Gasteiger partial charge is 0.370 e. The fourth-order valence-corrected chi connectivity index (χ4v) is 3.71. The minimum Gasteiger partial charge on any atom is -0.370 e. The molecule has 122 valence electrons. The molecule has 0 spiro atoms. The predicted octanol–water partition coefficient (Wildman–Crippen LogP) is 1.23. The highest BCUT2D eigenvalue weighted by Gasteiger charge is 2.12. The summed E-state index contributed by atoms with van der Waals surface area (Å²) in [5.41, 5.74) is 9.44. The Bertz CT molecular complexity index is 654. The Morgan fingerprint density at radius 3 is 2.77 bits per heavy atom. The molecule has 0 heterocycles. The first-order chi connectivity index (χ1) is 10.4. The molecule has 0 aromatic heterocycles. The van der Waals surface area contributed by atoms with Crippen molar-refractivity contribution in [1.29, 1.82) is 0 Å². The number of benzene rings is 1. The average molecular weight is 324 g/mol. The summed E-state index contributed by atoms with van der Waals surface area (Å²) in [5.74, 6) is 0.162. The summed E-state index contributed by atoms with van der Waals surface area (Å²) in [7, 11) is -3.30. The molecule has 0 bridgehead atoms. The van der Waals surface area contributed by atoms with Crippen molar-refractivity contribution in [2.24, 2.45) is 10.7 Å². The molecule has 0 aliphatic heterocycles. The molecule has 1 aromatic carbocycles. The summed E-state index contributed by atoms with van der Waals surface area (Å²) in [6.07, 6.45) is 3.43. The van der Waals surface area contributed by atoms with Crippen molar-refractivity contribution in [3.05, 3.63) is 29.3 Å². The quantitative estimate of drug-likeness (QED) is 0.541. The number of fused-ring (bicyclic) bond motifs is 1. The third kappa shape index (κ3) is 4.99. The van der Waals surface area contributed by atoms with Gasteiger partial charge in [0.05, 0.1) is 12.3 Å². The molecular formula is C15H24N4O2S. The fraction of sp³-hybridized carbons (Fsp3) is 0.533. The van der Waals surface area contributed by atoms with E-state index in [0.717, 1.165) is 18.5 Å². The second-order valence-electron chi connectivity index (χ2n) is 5.82. The van der Waals surface area contributed by atoms with Crippen LogP contribution in [0.1, 0.15) is 31.4 Å². The first-order valence-electron chi connectivity index (χ1n) is 7.54. The number of anilines is 1. The standard InChI is InChI=1S/C15H24N4O2S/c1-11(2)19-22(20,21)9-8-17-15(16)18-14-7-6-12-4-3-5-13(12)10-14/h6-7,10-11,19H,3-5,8-9H2,1-2H3,(H3,16,17,18). The lowest BCUT2D eigenvalue weighted by molar-refractivity contribution is 0.570. The van der Waals surface area contributed by atoms with Gasteiger partial charge in [0.2, 0.25) is 10.0 Å². The van der Waals surface area contributed by atoms with Crippen LogP contribution in [0.4, 0.5) is 5.69 Å². The summed E-state index contributed by atoms with van der Waals surface area (Å²) < 4.78 is 25.8. The summed E-state index contributed by atoms with van der Waals surface area (Å²) >= 11 is 0. The van der Waals surface area contributed by atoms with Crippen LogP contribution in [0.3, 0.4) is 0 Å². The van der Waals surface area contributed by atoms with Gasteiger partial charge in [0.1, 0.15) is 0 Å². The normalized spacial score (nSPS) is 15.1. The maximum atomic E-state index is 11.7. The number of guanidine groups is 1. The molecule has 1 aliphatic rings. The molecule has 0 amide bonds. The molecule has 1 aromatic rings. The lowest BCUT2D eigenvalue weighted by atomic mass is 10.1. The zero-order chi connectivity index (χ0) is 16.2. The van der Waals surface area contributed by atoms with E-state index in [4.69, 9.17) is 5.73 Å². The molecule has 7 heteroatoms. The van der Waals surface area contributed by atoms with Gasteiger partial charge >= 0.3 is 0 Å². The monoisotopic (exact) mass is 324 g/mol. The fourth-order valence-electron chi connectivity index (χ4n) is 2.54. The van der Waals surface area contributed by atoms with Gasteiger partial charge < -0.3 is 11.1 Å². The first kappa shape index (κ1) is 16.8.